The fourth-order valence-corrected chi connectivity index (χ4v) is 1.31. The van der Waals surface area contributed by atoms with Gasteiger partial charge in [0.25, 0.3) is 0 Å². The number of alkyl halides is 3. The van der Waals surface area contributed by atoms with Crippen molar-refractivity contribution in [3.05, 3.63) is 29.9 Å². The maximum Gasteiger partial charge on any atom is 0.419 e. The first-order valence-corrected chi connectivity index (χ1v) is 5.28. The van der Waals surface area contributed by atoms with Gasteiger partial charge >= 0.3 is 12.2 Å². The van der Waals surface area contributed by atoms with E-state index in [0.29, 0.717) is 12.2 Å². The summed E-state index contributed by atoms with van der Waals surface area (Å²) in [6.07, 6.45) is -1.47. The molecule has 0 fully saturated rings. The second-order valence-corrected chi connectivity index (χ2v) is 3.57. The first-order chi connectivity index (χ1) is 8.50. The molecule has 0 unspecified atom stereocenters. The quantitative estimate of drug-likeness (QED) is 0.913. The zero-order chi connectivity index (χ0) is 13.2. The van der Waals surface area contributed by atoms with E-state index in [-0.39, 0.29) is 6.01 Å². The summed E-state index contributed by atoms with van der Waals surface area (Å²) >= 11 is 0. The molecule has 0 radical (unpaired) electrons. The Bertz CT molecular complexity index is 517. The van der Waals surface area contributed by atoms with Gasteiger partial charge in [-0.25, -0.2) is 0 Å². The van der Waals surface area contributed by atoms with Crippen molar-refractivity contribution in [2.24, 2.45) is 0 Å². The molecule has 0 bridgehead atoms. The highest BCUT2D eigenvalue weighted by Gasteiger charge is 2.32. The highest BCUT2D eigenvalue weighted by Crippen LogP contribution is 2.28. The Kier molecular flexibility index (Phi) is 3.37. The summed E-state index contributed by atoms with van der Waals surface area (Å²) in [5.41, 5.74) is -0.232. The molecular formula is C10H11F3N4O. The minimum atomic E-state index is -4.42. The Morgan fingerprint density at radius 1 is 1.44 bits per heavy atom. The lowest BCUT2D eigenvalue weighted by atomic mass is 10.4. The molecule has 0 aliphatic heterocycles. The van der Waals surface area contributed by atoms with E-state index in [1.807, 2.05) is 6.92 Å². The maximum absolute atomic E-state index is 12.4. The maximum atomic E-state index is 12.4. The van der Waals surface area contributed by atoms with Crippen molar-refractivity contribution >= 4 is 0 Å². The highest BCUT2D eigenvalue weighted by atomic mass is 19.4. The van der Waals surface area contributed by atoms with E-state index in [4.69, 9.17) is 4.42 Å². The predicted molar refractivity (Wildman–Crippen MR) is 56.0 cm³/mol. The van der Waals surface area contributed by atoms with Crippen molar-refractivity contribution < 1.29 is 17.6 Å². The summed E-state index contributed by atoms with van der Waals surface area (Å²) < 4.78 is 43.1. The molecule has 18 heavy (non-hydrogen) atoms. The van der Waals surface area contributed by atoms with E-state index in [1.165, 1.54) is 6.26 Å². The zero-order valence-electron chi connectivity index (χ0n) is 9.53. The average molecular weight is 260 g/mol. The summed E-state index contributed by atoms with van der Waals surface area (Å²) in [6, 6.07) is 0.0124. The second-order valence-electron chi connectivity index (χ2n) is 3.57. The van der Waals surface area contributed by atoms with Gasteiger partial charge in [0.1, 0.15) is 6.26 Å². The third kappa shape index (κ3) is 2.70. The summed E-state index contributed by atoms with van der Waals surface area (Å²) in [5.74, 6) is 0. The molecule has 5 nitrogen and oxygen atoms in total. The van der Waals surface area contributed by atoms with Gasteiger partial charge in [-0.3, -0.25) is 0 Å². The molecule has 0 aliphatic carbocycles. The van der Waals surface area contributed by atoms with Crippen LogP contribution in [-0.4, -0.2) is 21.3 Å². The van der Waals surface area contributed by atoms with E-state index in [0.717, 1.165) is 23.6 Å². The Morgan fingerprint density at radius 3 is 2.83 bits per heavy atom. The minimum absolute atomic E-state index is 0.0124. The van der Waals surface area contributed by atoms with Gasteiger partial charge in [-0.1, -0.05) is 6.92 Å². The van der Waals surface area contributed by atoms with Crippen LogP contribution in [0.25, 0.3) is 6.01 Å². The fraction of sp³-hybridized carbons (Fsp3) is 0.400. The van der Waals surface area contributed by atoms with E-state index < -0.39 is 11.7 Å². The SMILES string of the molecule is CCNCc1coc(-n2cc(C(F)(F)F)cn2)n1. The lowest BCUT2D eigenvalue weighted by molar-refractivity contribution is -0.137. The van der Waals surface area contributed by atoms with Crippen molar-refractivity contribution in [2.45, 2.75) is 19.6 Å². The van der Waals surface area contributed by atoms with Crippen LogP contribution in [0.3, 0.4) is 0 Å². The first-order valence-electron chi connectivity index (χ1n) is 5.28. The molecule has 0 spiro atoms. The van der Waals surface area contributed by atoms with Crippen LogP contribution >= 0.6 is 0 Å². The number of nitrogens with one attached hydrogen (secondary N) is 1. The van der Waals surface area contributed by atoms with Crippen molar-refractivity contribution in [2.75, 3.05) is 6.54 Å². The van der Waals surface area contributed by atoms with Crippen molar-refractivity contribution in [3.63, 3.8) is 0 Å². The van der Waals surface area contributed by atoms with Crippen LogP contribution in [0.15, 0.2) is 23.1 Å². The molecule has 1 N–H and O–H groups in total. The first kappa shape index (κ1) is 12.6. The normalized spacial score (nSPS) is 12.0. The monoisotopic (exact) mass is 260 g/mol. The van der Waals surface area contributed by atoms with Crippen molar-refractivity contribution in [1.29, 1.82) is 0 Å². The van der Waals surface area contributed by atoms with Crippen molar-refractivity contribution in [1.82, 2.24) is 20.1 Å². The van der Waals surface area contributed by atoms with E-state index in [1.54, 1.807) is 0 Å². The average Bonchev–Trinajstić information content (AvgIpc) is 2.93. The predicted octanol–water partition coefficient (Wildman–Crippen LogP) is 1.99. The van der Waals surface area contributed by atoms with Gasteiger partial charge in [0, 0.05) is 12.7 Å². The van der Waals surface area contributed by atoms with E-state index in [9.17, 15) is 13.2 Å². The molecule has 0 saturated heterocycles. The van der Waals surface area contributed by atoms with Crippen LogP contribution in [0.4, 0.5) is 13.2 Å². The fourth-order valence-electron chi connectivity index (χ4n) is 1.31. The van der Waals surface area contributed by atoms with E-state index in [2.05, 4.69) is 15.4 Å². The summed E-state index contributed by atoms with van der Waals surface area (Å²) in [6.45, 7) is 3.19. The molecule has 8 heteroatoms. The lowest BCUT2D eigenvalue weighted by Crippen LogP contribution is -2.12. The Labute approximate surface area is 101 Å². The summed E-state index contributed by atoms with van der Waals surface area (Å²) in [7, 11) is 0. The van der Waals surface area contributed by atoms with Gasteiger partial charge in [0.15, 0.2) is 0 Å². The summed E-state index contributed by atoms with van der Waals surface area (Å²) in [4.78, 5) is 4.02. The Morgan fingerprint density at radius 2 is 2.22 bits per heavy atom. The number of halogens is 3. The molecule has 0 atom stereocenters. The van der Waals surface area contributed by atoms with Crippen molar-refractivity contribution in [3.8, 4) is 6.01 Å². The van der Waals surface area contributed by atoms with Crippen LogP contribution in [0.1, 0.15) is 18.2 Å². The number of hydrogen-bond acceptors (Lipinski definition) is 4. The largest absolute Gasteiger partial charge is 0.430 e. The molecule has 0 amide bonds. The molecule has 2 heterocycles. The number of oxazole rings is 1. The molecule has 98 valence electrons. The molecule has 0 saturated carbocycles. The topological polar surface area (TPSA) is 55.9 Å². The smallest absolute Gasteiger partial charge is 0.419 e. The third-order valence-corrected chi connectivity index (χ3v) is 2.20. The molecule has 2 rings (SSSR count). The molecule has 0 aromatic carbocycles. The van der Waals surface area contributed by atoms with Crippen LogP contribution in [0.2, 0.25) is 0 Å². The van der Waals surface area contributed by atoms with E-state index >= 15 is 0 Å². The zero-order valence-corrected chi connectivity index (χ0v) is 9.53. The number of rotatable bonds is 4. The minimum Gasteiger partial charge on any atom is -0.430 e. The van der Waals surface area contributed by atoms with Gasteiger partial charge in [-0.2, -0.15) is 27.9 Å². The molecule has 2 aromatic heterocycles. The molecule has 0 aliphatic rings. The Balaban J connectivity index is 2.16. The van der Waals surface area contributed by atoms with Crippen LogP contribution in [0, 0.1) is 0 Å². The van der Waals surface area contributed by atoms with Gasteiger partial charge in [-0.15, -0.1) is 0 Å². The van der Waals surface area contributed by atoms with Gasteiger partial charge in [0.05, 0.1) is 17.5 Å². The number of aromatic nitrogens is 3. The second kappa shape index (κ2) is 4.81. The molecular weight excluding hydrogens is 249 g/mol. The van der Waals surface area contributed by atoms with Crippen LogP contribution in [0.5, 0.6) is 0 Å². The van der Waals surface area contributed by atoms with Crippen LogP contribution < -0.4 is 5.32 Å². The third-order valence-electron chi connectivity index (χ3n) is 2.20. The van der Waals surface area contributed by atoms with Gasteiger partial charge < -0.3 is 9.73 Å². The number of hydrogen-bond donors (Lipinski definition) is 1. The highest BCUT2D eigenvalue weighted by molar-refractivity contribution is 5.15. The Hall–Kier alpha value is -1.83. The van der Waals surface area contributed by atoms with Crippen LogP contribution in [-0.2, 0) is 12.7 Å². The summed E-state index contributed by atoms with van der Waals surface area (Å²) in [5, 5.41) is 6.59. The molecule has 2 aromatic rings. The lowest BCUT2D eigenvalue weighted by Gasteiger charge is -1.99. The van der Waals surface area contributed by atoms with Gasteiger partial charge in [0.2, 0.25) is 0 Å². The standard InChI is InChI=1S/C10H11F3N4O/c1-2-14-4-8-6-18-9(16-8)17-5-7(3-15-17)10(11,12)13/h3,5-6,14H,2,4H2,1H3. The van der Waals surface area contributed by atoms with Gasteiger partial charge in [-0.05, 0) is 6.54 Å². The number of nitrogens with zero attached hydrogens (tertiary/aromatic N) is 3.